The Morgan fingerprint density at radius 3 is 2.71 bits per heavy atom. The molecule has 0 aliphatic heterocycles. The van der Waals surface area contributed by atoms with E-state index < -0.39 is 12.0 Å². The summed E-state index contributed by atoms with van der Waals surface area (Å²) in [5.41, 5.74) is 0.429. The van der Waals surface area contributed by atoms with Crippen LogP contribution in [0.2, 0.25) is 5.02 Å². The maximum atomic E-state index is 11.0. The van der Waals surface area contributed by atoms with Crippen molar-refractivity contribution in [1.82, 2.24) is 0 Å². The zero-order valence-corrected chi connectivity index (χ0v) is 8.25. The number of benzene rings is 1. The first-order valence-corrected chi connectivity index (χ1v) is 4.36. The Morgan fingerprint density at radius 1 is 1.57 bits per heavy atom. The average Bonchev–Trinajstić information content (AvgIpc) is 2.11. The summed E-state index contributed by atoms with van der Waals surface area (Å²) in [6.45, 7) is 1.36. The number of phenolic OH excluding ortho intramolecular Hbond substituents is 1. The Morgan fingerprint density at radius 2 is 2.21 bits per heavy atom. The first-order valence-electron chi connectivity index (χ1n) is 3.98. The second-order valence-corrected chi connectivity index (χ2v) is 3.24. The lowest BCUT2D eigenvalue weighted by molar-refractivity contribution is -0.123. The number of aromatic hydroxyl groups is 1. The first kappa shape index (κ1) is 10.8. The SMILES string of the molecule is CC(O)C(=O)Nc1ccc(O)c(Cl)c1. The number of aliphatic hydroxyl groups is 1. The van der Waals surface area contributed by atoms with E-state index >= 15 is 0 Å². The minimum atomic E-state index is -1.08. The van der Waals surface area contributed by atoms with Crippen molar-refractivity contribution in [2.24, 2.45) is 0 Å². The van der Waals surface area contributed by atoms with Gasteiger partial charge in [-0.25, -0.2) is 0 Å². The number of halogens is 1. The van der Waals surface area contributed by atoms with E-state index in [9.17, 15) is 4.79 Å². The molecule has 0 aliphatic rings. The normalized spacial score (nSPS) is 12.2. The van der Waals surface area contributed by atoms with Gasteiger partial charge in [-0.05, 0) is 25.1 Å². The minimum Gasteiger partial charge on any atom is -0.506 e. The van der Waals surface area contributed by atoms with Gasteiger partial charge < -0.3 is 15.5 Å². The number of carbonyl (C=O) groups is 1. The zero-order valence-electron chi connectivity index (χ0n) is 7.49. The van der Waals surface area contributed by atoms with Crippen LogP contribution in [0, 0.1) is 0 Å². The summed E-state index contributed by atoms with van der Waals surface area (Å²) in [6, 6.07) is 4.25. The number of hydrogen-bond acceptors (Lipinski definition) is 3. The largest absolute Gasteiger partial charge is 0.506 e. The molecule has 3 N–H and O–H groups in total. The number of phenols is 1. The molecule has 1 aromatic rings. The van der Waals surface area contributed by atoms with Gasteiger partial charge in [0.2, 0.25) is 0 Å². The maximum Gasteiger partial charge on any atom is 0.252 e. The van der Waals surface area contributed by atoms with Crippen molar-refractivity contribution in [2.45, 2.75) is 13.0 Å². The number of amides is 1. The number of anilines is 1. The van der Waals surface area contributed by atoms with Crippen LogP contribution in [0.5, 0.6) is 5.75 Å². The highest BCUT2D eigenvalue weighted by Gasteiger charge is 2.09. The van der Waals surface area contributed by atoms with Gasteiger partial charge in [-0.2, -0.15) is 0 Å². The Bertz CT molecular complexity index is 352. The molecule has 5 heteroatoms. The Hall–Kier alpha value is -1.26. The predicted octanol–water partition coefficient (Wildman–Crippen LogP) is 1.36. The van der Waals surface area contributed by atoms with Crippen LogP contribution < -0.4 is 5.32 Å². The number of nitrogens with one attached hydrogen (secondary N) is 1. The van der Waals surface area contributed by atoms with Crippen LogP contribution in [-0.2, 0) is 4.79 Å². The molecule has 1 aromatic carbocycles. The van der Waals surface area contributed by atoms with E-state index in [-0.39, 0.29) is 10.8 Å². The molecule has 76 valence electrons. The van der Waals surface area contributed by atoms with Gasteiger partial charge in [0.05, 0.1) is 5.02 Å². The smallest absolute Gasteiger partial charge is 0.252 e. The fourth-order valence-electron chi connectivity index (χ4n) is 0.831. The number of rotatable bonds is 2. The molecule has 1 amide bonds. The molecular formula is C9H10ClNO3. The highest BCUT2D eigenvalue weighted by Crippen LogP contribution is 2.25. The summed E-state index contributed by atoms with van der Waals surface area (Å²) >= 11 is 5.61. The summed E-state index contributed by atoms with van der Waals surface area (Å²) in [6.07, 6.45) is -1.08. The van der Waals surface area contributed by atoms with E-state index in [2.05, 4.69) is 5.32 Å². The molecule has 14 heavy (non-hydrogen) atoms. The summed E-state index contributed by atoms with van der Waals surface area (Å²) in [7, 11) is 0. The van der Waals surface area contributed by atoms with Crippen molar-refractivity contribution in [3.63, 3.8) is 0 Å². The van der Waals surface area contributed by atoms with Crippen molar-refractivity contribution in [3.8, 4) is 5.75 Å². The molecule has 0 heterocycles. The second-order valence-electron chi connectivity index (χ2n) is 2.83. The van der Waals surface area contributed by atoms with Crippen LogP contribution in [-0.4, -0.2) is 22.2 Å². The lowest BCUT2D eigenvalue weighted by atomic mass is 10.3. The van der Waals surface area contributed by atoms with E-state index in [4.69, 9.17) is 21.8 Å². The number of carbonyl (C=O) groups excluding carboxylic acids is 1. The van der Waals surface area contributed by atoms with Crippen molar-refractivity contribution in [1.29, 1.82) is 0 Å². The van der Waals surface area contributed by atoms with Gasteiger partial charge in [-0.15, -0.1) is 0 Å². The average molecular weight is 216 g/mol. The Kier molecular flexibility index (Phi) is 3.33. The molecule has 1 unspecified atom stereocenters. The fraction of sp³-hybridized carbons (Fsp3) is 0.222. The van der Waals surface area contributed by atoms with Gasteiger partial charge in [0.15, 0.2) is 0 Å². The zero-order chi connectivity index (χ0) is 10.7. The second kappa shape index (κ2) is 4.30. The van der Waals surface area contributed by atoms with Crippen LogP contribution in [0.25, 0.3) is 0 Å². The third kappa shape index (κ3) is 2.61. The third-order valence-corrected chi connectivity index (χ3v) is 1.90. The quantitative estimate of drug-likeness (QED) is 0.653. The summed E-state index contributed by atoms with van der Waals surface area (Å²) in [5.74, 6) is -0.575. The summed E-state index contributed by atoms with van der Waals surface area (Å²) in [4.78, 5) is 11.0. The topological polar surface area (TPSA) is 69.6 Å². The molecule has 0 aliphatic carbocycles. The van der Waals surface area contributed by atoms with Crippen LogP contribution in [0.1, 0.15) is 6.92 Å². The molecule has 0 radical (unpaired) electrons. The van der Waals surface area contributed by atoms with E-state index in [1.165, 1.54) is 25.1 Å². The number of hydrogen-bond donors (Lipinski definition) is 3. The highest BCUT2D eigenvalue weighted by molar-refractivity contribution is 6.32. The van der Waals surface area contributed by atoms with Gasteiger partial charge in [0, 0.05) is 5.69 Å². The predicted molar refractivity (Wildman–Crippen MR) is 53.4 cm³/mol. The molecule has 1 rings (SSSR count). The van der Waals surface area contributed by atoms with E-state index in [1.54, 1.807) is 0 Å². The van der Waals surface area contributed by atoms with Gasteiger partial charge in [-0.3, -0.25) is 4.79 Å². The molecule has 0 bridgehead atoms. The van der Waals surface area contributed by atoms with Crippen molar-refractivity contribution in [2.75, 3.05) is 5.32 Å². The van der Waals surface area contributed by atoms with Crippen LogP contribution in [0.15, 0.2) is 18.2 Å². The van der Waals surface area contributed by atoms with Crippen molar-refractivity contribution >= 4 is 23.2 Å². The van der Waals surface area contributed by atoms with E-state index in [1.807, 2.05) is 0 Å². The van der Waals surface area contributed by atoms with Crippen molar-refractivity contribution < 1.29 is 15.0 Å². The van der Waals surface area contributed by atoms with Crippen LogP contribution >= 0.6 is 11.6 Å². The van der Waals surface area contributed by atoms with Gasteiger partial charge >= 0.3 is 0 Å². The molecule has 0 fully saturated rings. The first-order chi connectivity index (χ1) is 6.50. The van der Waals surface area contributed by atoms with Gasteiger partial charge in [0.1, 0.15) is 11.9 Å². The van der Waals surface area contributed by atoms with Crippen molar-refractivity contribution in [3.05, 3.63) is 23.2 Å². The maximum absolute atomic E-state index is 11.0. The Labute approximate surface area is 86.1 Å². The highest BCUT2D eigenvalue weighted by atomic mass is 35.5. The van der Waals surface area contributed by atoms with Gasteiger partial charge in [0.25, 0.3) is 5.91 Å². The van der Waals surface area contributed by atoms with E-state index in [0.29, 0.717) is 5.69 Å². The summed E-state index contributed by atoms with van der Waals surface area (Å²) in [5, 5.41) is 20.6. The molecule has 0 saturated carbocycles. The Balaban J connectivity index is 2.78. The third-order valence-electron chi connectivity index (χ3n) is 1.59. The summed E-state index contributed by atoms with van der Waals surface area (Å²) < 4.78 is 0. The number of aliphatic hydroxyl groups excluding tert-OH is 1. The van der Waals surface area contributed by atoms with Gasteiger partial charge in [-0.1, -0.05) is 11.6 Å². The lowest BCUT2D eigenvalue weighted by Crippen LogP contribution is -2.24. The molecule has 0 aromatic heterocycles. The monoisotopic (exact) mass is 215 g/mol. The molecule has 0 saturated heterocycles. The molecular weight excluding hydrogens is 206 g/mol. The van der Waals surface area contributed by atoms with Crippen LogP contribution in [0.3, 0.4) is 0 Å². The standard InChI is InChI=1S/C9H10ClNO3/c1-5(12)9(14)11-6-2-3-8(13)7(10)4-6/h2-5,12-13H,1H3,(H,11,14). The van der Waals surface area contributed by atoms with Crippen LogP contribution in [0.4, 0.5) is 5.69 Å². The van der Waals surface area contributed by atoms with E-state index in [0.717, 1.165) is 0 Å². The lowest BCUT2D eigenvalue weighted by Gasteiger charge is -2.07. The molecule has 0 spiro atoms. The molecule has 1 atom stereocenters. The molecule has 4 nitrogen and oxygen atoms in total. The minimum absolute atomic E-state index is 0.0540. The fourth-order valence-corrected chi connectivity index (χ4v) is 1.01.